The molecule has 97 valence electrons. The molecule has 0 aliphatic carbocycles. The Morgan fingerprint density at radius 3 is 1.56 bits per heavy atom. The van der Waals surface area contributed by atoms with Crippen LogP contribution in [-0.2, 0) is 20.8 Å². The molecule has 0 atom stereocenters. The summed E-state index contributed by atoms with van der Waals surface area (Å²) in [6.45, 7) is 0. The molecule has 0 bridgehead atoms. The molecule has 0 amide bonds. The van der Waals surface area contributed by atoms with Crippen LogP contribution in [0.1, 0.15) is 0 Å². The van der Waals surface area contributed by atoms with Gasteiger partial charge in [0.25, 0.3) is 0 Å². The van der Waals surface area contributed by atoms with Crippen molar-refractivity contribution in [2.45, 2.75) is 0 Å². The van der Waals surface area contributed by atoms with Gasteiger partial charge in [0.1, 0.15) is 0 Å². The number of rotatable bonds is 5. The van der Waals surface area contributed by atoms with Gasteiger partial charge in [0.15, 0.2) is 0 Å². The maximum absolute atomic E-state index is 12.4. The van der Waals surface area contributed by atoms with Crippen molar-refractivity contribution in [2.75, 3.05) is 0 Å². The van der Waals surface area contributed by atoms with Crippen LogP contribution in [0.3, 0.4) is 0 Å². The zero-order valence-electron chi connectivity index (χ0n) is 9.16. The van der Waals surface area contributed by atoms with Gasteiger partial charge in [-0.3, -0.25) is 0 Å². The topological polar surface area (TPSA) is 35.5 Å². The predicted octanol–water partition coefficient (Wildman–Crippen LogP) is 4.49. The van der Waals surface area contributed by atoms with Crippen LogP contribution in [0.5, 0.6) is 11.5 Å². The minimum absolute atomic E-state index is 0.501. The molecule has 2 aromatic carbocycles. The van der Waals surface area contributed by atoms with Crippen LogP contribution >= 0.6 is 15.4 Å². The third-order valence-electron chi connectivity index (χ3n) is 1.98. The Labute approximate surface area is 117 Å². The summed E-state index contributed by atoms with van der Waals surface area (Å²) in [5.74, 6) is -2.25. The van der Waals surface area contributed by atoms with Crippen molar-refractivity contribution in [3.63, 3.8) is 0 Å². The molecule has 0 N–H and O–H groups in total. The molecule has 3 nitrogen and oxygen atoms in total. The Morgan fingerprint density at radius 1 is 0.833 bits per heavy atom. The zero-order chi connectivity index (χ0) is 12.8. The van der Waals surface area contributed by atoms with Crippen molar-refractivity contribution in [2.24, 2.45) is 0 Å². The number of hydrogen-bond donors (Lipinski definition) is 0. The first-order chi connectivity index (χ1) is 8.72. The first-order valence-corrected chi connectivity index (χ1v) is 12.6. The number of para-hydroxylation sites is 2. The second kappa shape index (κ2) is 6.40. The molecule has 0 unspecified atom stereocenters. The van der Waals surface area contributed by atoms with Crippen molar-refractivity contribution in [1.29, 1.82) is 0 Å². The fourth-order valence-electron chi connectivity index (χ4n) is 1.25. The van der Waals surface area contributed by atoms with E-state index >= 15 is 0 Å². The normalized spacial score (nSPS) is 11.2. The fourth-order valence-corrected chi connectivity index (χ4v) is 5.20. The molecule has 0 aromatic heterocycles. The van der Waals surface area contributed by atoms with Crippen molar-refractivity contribution in [1.82, 2.24) is 0 Å². The fraction of sp³-hybridized carbons (Fsp3) is 0. The van der Waals surface area contributed by atoms with Crippen LogP contribution in [0.2, 0.25) is 0 Å². The molecule has 0 saturated heterocycles. The summed E-state index contributed by atoms with van der Waals surface area (Å²) in [7, 11) is 5.82. The van der Waals surface area contributed by atoms with E-state index in [0.29, 0.717) is 11.5 Å². The molecular formula is C12H10ClIrO3P. The second-order valence-electron chi connectivity index (χ2n) is 3.27. The van der Waals surface area contributed by atoms with E-state index in [4.69, 9.17) is 18.6 Å². The van der Waals surface area contributed by atoms with Crippen molar-refractivity contribution >= 4 is 15.4 Å². The SMILES string of the molecule is O=[P](Oc1ccccc1)(Oc1ccccc1)[Ir][Cl]. The van der Waals surface area contributed by atoms with E-state index in [1.54, 1.807) is 48.5 Å². The summed E-state index contributed by atoms with van der Waals surface area (Å²) < 4.78 is 23.2. The molecular weight excluding hydrogens is 451 g/mol. The Bertz CT molecular complexity index is 490. The molecule has 6 heteroatoms. The van der Waals surface area contributed by atoms with Gasteiger partial charge >= 0.3 is 117 Å². The monoisotopic (exact) mass is 461 g/mol. The van der Waals surface area contributed by atoms with Crippen LogP contribution in [-0.4, -0.2) is 0 Å². The summed E-state index contributed by atoms with van der Waals surface area (Å²) in [6.07, 6.45) is 0. The average Bonchev–Trinajstić information content (AvgIpc) is 2.41. The Balaban J connectivity index is 2.14. The van der Waals surface area contributed by atoms with E-state index in [9.17, 15) is 4.57 Å². The number of hydrogen-bond acceptors (Lipinski definition) is 3. The predicted molar refractivity (Wildman–Crippen MR) is 67.6 cm³/mol. The van der Waals surface area contributed by atoms with Gasteiger partial charge in [0.05, 0.1) is 0 Å². The molecule has 0 fully saturated rings. The van der Waals surface area contributed by atoms with E-state index < -0.39 is 22.0 Å². The van der Waals surface area contributed by atoms with E-state index in [0.717, 1.165) is 0 Å². The van der Waals surface area contributed by atoms with E-state index in [1.807, 2.05) is 12.1 Å². The Morgan fingerprint density at radius 2 is 1.22 bits per heavy atom. The van der Waals surface area contributed by atoms with Crippen LogP contribution in [0.4, 0.5) is 0 Å². The first-order valence-electron chi connectivity index (χ1n) is 5.05. The third-order valence-corrected chi connectivity index (χ3v) is 9.14. The molecule has 0 aliphatic rings. The molecule has 0 radical (unpaired) electrons. The minimum atomic E-state index is -3.25. The molecule has 2 aromatic rings. The zero-order valence-corrected chi connectivity index (χ0v) is 13.2. The molecule has 0 saturated carbocycles. The van der Waals surface area contributed by atoms with Gasteiger partial charge in [0, 0.05) is 0 Å². The summed E-state index contributed by atoms with van der Waals surface area (Å²) in [6, 6.07) is 17.8. The van der Waals surface area contributed by atoms with Crippen LogP contribution < -0.4 is 9.05 Å². The standard InChI is InChI=1S/C12H10O3P.ClH.Ir/c13-16(14-11-7-3-1-4-8-11)15-12-9-5-2-6-10-12;;/h1-10H;1H;/q+1;;/p-1. The van der Waals surface area contributed by atoms with Crippen molar-refractivity contribution in [3.05, 3.63) is 60.7 Å². The third kappa shape index (κ3) is 3.86. The van der Waals surface area contributed by atoms with Crippen LogP contribution in [0.25, 0.3) is 0 Å². The quantitative estimate of drug-likeness (QED) is 0.617. The molecule has 0 heterocycles. The second-order valence-corrected chi connectivity index (χ2v) is 12.5. The summed E-state index contributed by atoms with van der Waals surface area (Å²) in [4.78, 5) is 0. The maximum atomic E-state index is 12.4. The van der Waals surface area contributed by atoms with Gasteiger partial charge < -0.3 is 0 Å². The molecule has 2 rings (SSSR count). The molecule has 0 spiro atoms. The van der Waals surface area contributed by atoms with E-state index in [-0.39, 0.29) is 0 Å². The molecule has 0 aliphatic heterocycles. The molecule has 18 heavy (non-hydrogen) atoms. The van der Waals surface area contributed by atoms with Crippen molar-refractivity contribution < 1.29 is 29.8 Å². The number of halogens is 1. The van der Waals surface area contributed by atoms with Gasteiger partial charge in [-0.15, -0.1) is 0 Å². The van der Waals surface area contributed by atoms with Crippen LogP contribution in [0, 0.1) is 0 Å². The summed E-state index contributed by atoms with van der Waals surface area (Å²) in [5, 5.41) is 0. The average molecular weight is 461 g/mol. The van der Waals surface area contributed by atoms with Gasteiger partial charge in [0.2, 0.25) is 0 Å². The first kappa shape index (κ1) is 13.6. The Hall–Kier alpha value is -0.791. The Kier molecular flexibility index (Phi) is 4.85. The summed E-state index contributed by atoms with van der Waals surface area (Å²) in [5.41, 5.74) is 0. The van der Waals surface area contributed by atoms with Crippen molar-refractivity contribution in [3.8, 4) is 11.5 Å². The van der Waals surface area contributed by atoms with Gasteiger partial charge in [-0.25, -0.2) is 0 Å². The van der Waals surface area contributed by atoms with Gasteiger partial charge in [-0.1, -0.05) is 0 Å². The number of benzene rings is 2. The van der Waals surface area contributed by atoms with Gasteiger partial charge in [-0.2, -0.15) is 0 Å². The van der Waals surface area contributed by atoms with E-state index in [2.05, 4.69) is 0 Å². The van der Waals surface area contributed by atoms with Crippen LogP contribution in [0.15, 0.2) is 60.7 Å². The van der Waals surface area contributed by atoms with E-state index in [1.165, 1.54) is 0 Å². The van der Waals surface area contributed by atoms with Gasteiger partial charge in [-0.05, 0) is 0 Å². The summed E-state index contributed by atoms with van der Waals surface area (Å²) >= 11 is -1.35.